The average Bonchev–Trinajstić information content (AvgIpc) is 3.69. The Morgan fingerprint density at radius 2 is 1.11 bits per heavy atom. The summed E-state index contributed by atoms with van der Waals surface area (Å²) in [5, 5.41) is 4.35. The van der Waals surface area contributed by atoms with Crippen molar-refractivity contribution < 1.29 is 13.9 Å². The molecule has 220 valence electrons. The smallest absolute Gasteiger partial charge is 0.155 e. The zero-order valence-electron chi connectivity index (χ0n) is 25.0. The molecule has 47 heavy (non-hydrogen) atoms. The van der Waals surface area contributed by atoms with Gasteiger partial charge in [0.1, 0.15) is 16.9 Å². The van der Waals surface area contributed by atoms with Crippen LogP contribution >= 0.6 is 0 Å². The summed E-state index contributed by atoms with van der Waals surface area (Å²) in [6.07, 6.45) is 0. The maximum Gasteiger partial charge on any atom is 0.155 e. The maximum atomic E-state index is 6.59. The highest BCUT2D eigenvalue weighted by Gasteiger charge is 2.34. The largest absolute Gasteiger partial charge is 0.456 e. The number of hydrogen-bond donors (Lipinski definition) is 0. The van der Waals surface area contributed by atoms with Gasteiger partial charge in [0, 0.05) is 21.8 Å². The number of benzene rings is 7. The fraction of sp³-hybridized carbons (Fsp3) is 0. The van der Waals surface area contributed by atoms with Gasteiger partial charge in [-0.3, -0.25) is 4.57 Å². The topological polar surface area (TPSA) is 39.8 Å². The van der Waals surface area contributed by atoms with Crippen LogP contribution in [0.3, 0.4) is 0 Å². The lowest BCUT2D eigenvalue weighted by Crippen LogP contribution is -2.12. The molecule has 0 aliphatic carbocycles. The van der Waals surface area contributed by atoms with Gasteiger partial charge < -0.3 is 18.8 Å². The molecular weight excluding hydrogens is 580 g/mol. The van der Waals surface area contributed by atoms with Gasteiger partial charge in [0.2, 0.25) is 0 Å². The standard InChI is InChI=1S/C42H24N2O3/c1-2-10-25(11-3-1)26-12-6-13-27(24-26)43(30-16-8-18-33-38(30)28-14-4-5-17-32(28)45-33)31-22-23-37-42-39(31)29-15-7-19-34-40(29)44(42)41-35(46-34)20-9-21-36(41)47-37/h1-24H. The zero-order chi connectivity index (χ0) is 30.6. The molecule has 4 heterocycles. The van der Waals surface area contributed by atoms with Gasteiger partial charge in [-0.15, -0.1) is 0 Å². The number of aromatic nitrogens is 1. The van der Waals surface area contributed by atoms with Crippen molar-refractivity contribution in [1.82, 2.24) is 4.57 Å². The van der Waals surface area contributed by atoms with Gasteiger partial charge in [0.05, 0.1) is 27.8 Å². The van der Waals surface area contributed by atoms with Crippen LogP contribution in [0, 0.1) is 0 Å². The highest BCUT2D eigenvalue weighted by Crippen LogP contribution is 2.57. The van der Waals surface area contributed by atoms with Crippen molar-refractivity contribution in [2.45, 2.75) is 0 Å². The summed E-state index contributed by atoms with van der Waals surface area (Å²) < 4.78 is 21.8. The van der Waals surface area contributed by atoms with E-state index in [9.17, 15) is 0 Å². The number of anilines is 3. The second-order valence-corrected chi connectivity index (χ2v) is 12.1. The van der Waals surface area contributed by atoms with Gasteiger partial charge in [0.15, 0.2) is 23.0 Å². The first-order chi connectivity index (χ1) is 23.3. The number of para-hydroxylation sites is 3. The Labute approximate surface area is 269 Å². The molecule has 0 spiro atoms. The molecular formula is C42H24N2O3. The lowest BCUT2D eigenvalue weighted by atomic mass is 10.0. The van der Waals surface area contributed by atoms with E-state index in [0.29, 0.717) is 0 Å². The summed E-state index contributed by atoms with van der Waals surface area (Å²) in [6, 6.07) is 50.5. The van der Waals surface area contributed by atoms with Gasteiger partial charge in [-0.25, -0.2) is 0 Å². The molecule has 5 nitrogen and oxygen atoms in total. The molecule has 5 heteroatoms. The number of rotatable bonds is 4. The van der Waals surface area contributed by atoms with E-state index in [1.54, 1.807) is 0 Å². The Morgan fingerprint density at radius 1 is 0.447 bits per heavy atom. The summed E-state index contributed by atoms with van der Waals surface area (Å²) in [5.41, 5.74) is 10.2. The molecule has 0 amide bonds. The third kappa shape index (κ3) is 3.32. The first kappa shape index (κ1) is 24.8. The third-order valence-corrected chi connectivity index (χ3v) is 9.53. The molecule has 0 unspecified atom stereocenters. The van der Waals surface area contributed by atoms with Crippen molar-refractivity contribution in [3.63, 3.8) is 0 Å². The Bertz CT molecular complexity index is 2740. The quantitative estimate of drug-likeness (QED) is 0.200. The molecule has 0 N–H and O–H groups in total. The van der Waals surface area contributed by atoms with Crippen LogP contribution in [0.1, 0.15) is 0 Å². The highest BCUT2D eigenvalue weighted by molar-refractivity contribution is 6.22. The first-order valence-corrected chi connectivity index (χ1v) is 15.8. The van der Waals surface area contributed by atoms with Gasteiger partial charge in [-0.2, -0.15) is 0 Å². The van der Waals surface area contributed by atoms with Gasteiger partial charge in [-0.1, -0.05) is 84.9 Å². The Hall–Kier alpha value is -6.46. The van der Waals surface area contributed by atoms with Crippen LogP contribution in [0.4, 0.5) is 17.1 Å². The van der Waals surface area contributed by atoms with E-state index in [1.807, 2.05) is 30.3 Å². The van der Waals surface area contributed by atoms with Crippen molar-refractivity contribution in [1.29, 1.82) is 0 Å². The number of hydrogen-bond acceptors (Lipinski definition) is 4. The molecule has 11 rings (SSSR count). The number of nitrogens with zero attached hydrogens (tertiary/aromatic N) is 2. The molecule has 9 aromatic rings. The van der Waals surface area contributed by atoms with Gasteiger partial charge in [0.25, 0.3) is 0 Å². The van der Waals surface area contributed by atoms with Crippen LogP contribution in [0.2, 0.25) is 0 Å². The van der Waals surface area contributed by atoms with E-state index in [2.05, 4.69) is 125 Å². The molecule has 2 aromatic heterocycles. The molecule has 7 aromatic carbocycles. The van der Waals surface area contributed by atoms with Crippen LogP contribution in [0.15, 0.2) is 150 Å². The minimum atomic E-state index is 0.790. The minimum Gasteiger partial charge on any atom is -0.456 e. The van der Waals surface area contributed by atoms with E-state index in [4.69, 9.17) is 13.9 Å². The molecule has 0 saturated carbocycles. The van der Waals surface area contributed by atoms with E-state index >= 15 is 0 Å². The van der Waals surface area contributed by atoms with Gasteiger partial charge >= 0.3 is 0 Å². The van der Waals surface area contributed by atoms with Gasteiger partial charge in [-0.05, 0) is 71.8 Å². The van der Waals surface area contributed by atoms with Crippen LogP contribution in [0.25, 0.3) is 60.6 Å². The molecule has 0 saturated heterocycles. The van der Waals surface area contributed by atoms with E-state index in [0.717, 1.165) is 101 Å². The summed E-state index contributed by atoms with van der Waals surface area (Å²) in [6.45, 7) is 0. The lowest BCUT2D eigenvalue weighted by molar-refractivity contribution is 0.444. The van der Waals surface area contributed by atoms with Crippen LogP contribution in [-0.2, 0) is 0 Å². The molecule has 0 radical (unpaired) electrons. The average molecular weight is 605 g/mol. The van der Waals surface area contributed by atoms with E-state index in [1.165, 1.54) is 0 Å². The Morgan fingerprint density at radius 3 is 2.00 bits per heavy atom. The predicted molar refractivity (Wildman–Crippen MR) is 188 cm³/mol. The van der Waals surface area contributed by atoms with E-state index in [-0.39, 0.29) is 0 Å². The highest BCUT2D eigenvalue weighted by atomic mass is 16.5. The predicted octanol–water partition coefficient (Wildman–Crippen LogP) is 12.0. The van der Waals surface area contributed by atoms with Crippen molar-refractivity contribution in [3.8, 4) is 39.8 Å². The fourth-order valence-electron chi connectivity index (χ4n) is 7.62. The number of fused-ring (bicyclic) bond motifs is 4. The molecule has 2 aliphatic heterocycles. The van der Waals surface area contributed by atoms with Crippen molar-refractivity contribution >= 4 is 60.8 Å². The Balaban J connectivity index is 1.28. The molecule has 2 aliphatic rings. The summed E-state index contributed by atoms with van der Waals surface area (Å²) in [5.74, 6) is 3.24. The third-order valence-electron chi connectivity index (χ3n) is 9.53. The minimum absolute atomic E-state index is 0.790. The number of furan rings is 1. The summed E-state index contributed by atoms with van der Waals surface area (Å²) in [4.78, 5) is 2.38. The monoisotopic (exact) mass is 604 g/mol. The van der Waals surface area contributed by atoms with E-state index < -0.39 is 0 Å². The summed E-state index contributed by atoms with van der Waals surface area (Å²) in [7, 11) is 0. The van der Waals surface area contributed by atoms with Crippen molar-refractivity contribution in [3.05, 3.63) is 146 Å². The Kier molecular flexibility index (Phi) is 4.78. The molecule has 0 fully saturated rings. The van der Waals surface area contributed by atoms with Crippen LogP contribution in [-0.4, -0.2) is 4.57 Å². The normalized spacial score (nSPS) is 12.6. The number of ether oxygens (including phenoxy) is 2. The second kappa shape index (κ2) is 9.05. The maximum absolute atomic E-state index is 6.59. The van der Waals surface area contributed by atoms with Crippen molar-refractivity contribution in [2.24, 2.45) is 0 Å². The molecule has 0 atom stereocenters. The fourth-order valence-corrected chi connectivity index (χ4v) is 7.62. The summed E-state index contributed by atoms with van der Waals surface area (Å²) >= 11 is 0. The lowest BCUT2D eigenvalue weighted by Gasteiger charge is -2.29. The molecule has 0 bridgehead atoms. The first-order valence-electron chi connectivity index (χ1n) is 15.8. The zero-order valence-corrected chi connectivity index (χ0v) is 25.0. The van der Waals surface area contributed by atoms with Crippen LogP contribution in [0.5, 0.6) is 23.0 Å². The van der Waals surface area contributed by atoms with Crippen molar-refractivity contribution in [2.75, 3.05) is 4.90 Å². The SMILES string of the molecule is c1ccc(-c2cccc(N(c3cccc4oc5ccccc5c34)c3ccc4c5c3c3cccc6c3n5-c3c(cccc3O4)O6)c2)cc1. The second-order valence-electron chi connectivity index (χ2n) is 12.1. The van der Waals surface area contributed by atoms with Crippen LogP contribution < -0.4 is 14.4 Å².